The molecule has 2 aliphatic rings. The van der Waals surface area contributed by atoms with Gasteiger partial charge in [-0.25, -0.2) is 14.1 Å². The van der Waals surface area contributed by atoms with Gasteiger partial charge in [-0.3, -0.25) is 9.32 Å². The zero-order chi connectivity index (χ0) is 27.5. The van der Waals surface area contributed by atoms with Crippen molar-refractivity contribution in [3.05, 3.63) is 54.5 Å². The van der Waals surface area contributed by atoms with Crippen LogP contribution in [0.15, 0.2) is 48.8 Å². The van der Waals surface area contributed by atoms with E-state index in [0.717, 1.165) is 0 Å². The fraction of sp³-hybridized carbons (Fsp3) is 0.440. The maximum absolute atomic E-state index is 13.9. The lowest BCUT2D eigenvalue weighted by atomic mass is 10.0. The summed E-state index contributed by atoms with van der Waals surface area (Å²) in [6.07, 6.45) is 1.64. The van der Waals surface area contributed by atoms with Crippen molar-refractivity contribution in [2.75, 3.05) is 32.2 Å². The first-order valence-electron chi connectivity index (χ1n) is 12.5. The number of aromatic nitrogens is 3. The summed E-state index contributed by atoms with van der Waals surface area (Å²) in [5.74, 6) is 0.112. The number of hydrogen-bond donors (Lipinski definition) is 2. The normalized spacial score (nSPS) is 23.4. The van der Waals surface area contributed by atoms with Crippen molar-refractivity contribution in [3.8, 4) is 11.8 Å². The van der Waals surface area contributed by atoms with Crippen molar-refractivity contribution in [1.82, 2.24) is 19.7 Å². The number of benzene rings is 1. The molecule has 0 bridgehead atoms. The number of carbonyl (C=O) groups is 1. The molecule has 1 unspecified atom stereocenters. The SMILES string of the molecule is C[C@H](NP(=O)(OC[C@]1(C#N)CC[C@H](c2ccc3c(N)ncnn23)O1)Oc1ccccc1)C(=O)OCC1COC1. The number of nitrogens with zero attached hydrogens (tertiary/aromatic N) is 4. The Bertz CT molecular complexity index is 1410. The Kier molecular flexibility index (Phi) is 7.83. The van der Waals surface area contributed by atoms with Crippen molar-refractivity contribution >= 4 is 25.1 Å². The number of nitrogen functional groups attached to an aromatic ring is 1. The molecule has 1 aromatic carbocycles. The average Bonchev–Trinajstić information content (AvgIpc) is 3.53. The van der Waals surface area contributed by atoms with E-state index in [2.05, 4.69) is 21.2 Å². The molecule has 206 valence electrons. The van der Waals surface area contributed by atoms with E-state index in [1.807, 2.05) is 6.07 Å². The highest BCUT2D eigenvalue weighted by Crippen LogP contribution is 2.48. The minimum atomic E-state index is -4.17. The Hall–Kier alpha value is -3.53. The van der Waals surface area contributed by atoms with Gasteiger partial charge in [0.25, 0.3) is 0 Å². The van der Waals surface area contributed by atoms with E-state index in [1.165, 1.54) is 13.3 Å². The zero-order valence-electron chi connectivity index (χ0n) is 21.3. The number of hydrogen-bond acceptors (Lipinski definition) is 11. The lowest BCUT2D eigenvalue weighted by molar-refractivity contribution is -0.152. The van der Waals surface area contributed by atoms with Gasteiger partial charge >= 0.3 is 13.7 Å². The Morgan fingerprint density at radius 1 is 1.33 bits per heavy atom. The second-order valence-corrected chi connectivity index (χ2v) is 11.2. The topological polar surface area (TPSA) is 172 Å². The highest BCUT2D eigenvalue weighted by atomic mass is 31.2. The molecule has 0 radical (unpaired) electrons. The van der Waals surface area contributed by atoms with Gasteiger partial charge in [-0.1, -0.05) is 18.2 Å². The molecule has 14 heteroatoms. The van der Waals surface area contributed by atoms with Gasteiger partial charge in [-0.15, -0.1) is 0 Å². The summed E-state index contributed by atoms with van der Waals surface area (Å²) in [7, 11) is -4.17. The van der Waals surface area contributed by atoms with Crippen molar-refractivity contribution in [3.63, 3.8) is 0 Å². The molecule has 3 aromatic rings. The summed E-state index contributed by atoms with van der Waals surface area (Å²) in [6.45, 7) is 2.39. The Labute approximate surface area is 224 Å². The molecular formula is C25H29N6O7P. The van der Waals surface area contributed by atoms with E-state index in [4.69, 9.17) is 29.0 Å². The van der Waals surface area contributed by atoms with Crippen LogP contribution in [0.3, 0.4) is 0 Å². The summed E-state index contributed by atoms with van der Waals surface area (Å²) < 4.78 is 43.5. The summed E-state index contributed by atoms with van der Waals surface area (Å²) in [4.78, 5) is 16.5. The predicted octanol–water partition coefficient (Wildman–Crippen LogP) is 2.80. The monoisotopic (exact) mass is 556 g/mol. The Morgan fingerprint density at radius 3 is 2.85 bits per heavy atom. The number of para-hydroxylation sites is 1. The standard InChI is InChI=1S/C25H29N6O7P/c1-17(24(32)35-13-18-11-34-12-18)30-39(33,38-19-5-3-2-4-6-19)36-15-25(14-26)10-9-22(37-25)20-7-8-21-23(27)28-16-29-31(20)21/h2-8,16-18,22H,9-13,15H2,1H3,(H,30,33)(H2,27,28,29)/t17-,22+,25+,39?/m0/s1. The lowest BCUT2D eigenvalue weighted by Crippen LogP contribution is -2.39. The van der Waals surface area contributed by atoms with Crippen LogP contribution in [-0.4, -0.2) is 58.6 Å². The molecule has 0 amide bonds. The van der Waals surface area contributed by atoms with Crippen LogP contribution >= 0.6 is 7.75 Å². The molecule has 39 heavy (non-hydrogen) atoms. The van der Waals surface area contributed by atoms with E-state index in [9.17, 15) is 14.6 Å². The van der Waals surface area contributed by atoms with Gasteiger partial charge in [-0.2, -0.15) is 15.4 Å². The predicted molar refractivity (Wildman–Crippen MR) is 137 cm³/mol. The summed E-state index contributed by atoms with van der Waals surface area (Å²) in [5, 5.41) is 16.9. The number of fused-ring (bicyclic) bond motifs is 1. The van der Waals surface area contributed by atoms with Crippen LogP contribution in [0.4, 0.5) is 5.82 Å². The maximum Gasteiger partial charge on any atom is 0.459 e. The first-order valence-corrected chi connectivity index (χ1v) is 14.0. The van der Waals surface area contributed by atoms with Gasteiger partial charge in [0, 0.05) is 5.92 Å². The molecule has 0 saturated carbocycles. The van der Waals surface area contributed by atoms with Crippen molar-refractivity contribution < 1.29 is 32.6 Å². The van der Waals surface area contributed by atoms with Gasteiger partial charge in [0.05, 0.1) is 25.5 Å². The molecule has 2 fully saturated rings. The molecular weight excluding hydrogens is 527 g/mol. The van der Waals surface area contributed by atoms with Crippen LogP contribution < -0.4 is 15.3 Å². The third-order valence-electron chi connectivity index (χ3n) is 6.53. The first-order chi connectivity index (χ1) is 18.8. The molecule has 0 spiro atoms. The average molecular weight is 557 g/mol. The third-order valence-corrected chi connectivity index (χ3v) is 8.16. The maximum atomic E-state index is 13.9. The summed E-state index contributed by atoms with van der Waals surface area (Å²) in [5.41, 5.74) is 5.84. The minimum absolute atomic E-state index is 0.147. The number of nitrogens with two attached hydrogens (primary N) is 1. The van der Waals surface area contributed by atoms with E-state index >= 15 is 0 Å². The smallest absolute Gasteiger partial charge is 0.459 e. The van der Waals surface area contributed by atoms with Gasteiger partial charge in [0.15, 0.2) is 11.4 Å². The van der Waals surface area contributed by atoms with Gasteiger partial charge < -0.3 is 24.5 Å². The number of esters is 1. The summed E-state index contributed by atoms with van der Waals surface area (Å²) in [6, 6.07) is 13.1. The quantitative estimate of drug-likeness (QED) is 0.262. The second-order valence-electron chi connectivity index (χ2n) is 9.51. The zero-order valence-corrected chi connectivity index (χ0v) is 22.2. The van der Waals surface area contributed by atoms with Crippen LogP contribution in [0.5, 0.6) is 5.75 Å². The molecule has 4 atom stereocenters. The van der Waals surface area contributed by atoms with Crippen molar-refractivity contribution in [1.29, 1.82) is 5.26 Å². The number of anilines is 1. The molecule has 2 aromatic heterocycles. The Morgan fingerprint density at radius 2 is 2.13 bits per heavy atom. The second kappa shape index (κ2) is 11.3. The highest BCUT2D eigenvalue weighted by Gasteiger charge is 2.45. The van der Waals surface area contributed by atoms with Crippen LogP contribution in [0.2, 0.25) is 0 Å². The first kappa shape index (κ1) is 27.1. The van der Waals surface area contributed by atoms with Crippen LogP contribution in [0.1, 0.15) is 31.6 Å². The minimum Gasteiger partial charge on any atom is -0.464 e. The number of ether oxygens (including phenoxy) is 3. The van der Waals surface area contributed by atoms with Gasteiger partial charge in [-0.05, 0) is 44.0 Å². The molecule has 5 rings (SSSR count). The van der Waals surface area contributed by atoms with Crippen molar-refractivity contribution in [2.24, 2.45) is 5.92 Å². The van der Waals surface area contributed by atoms with E-state index in [0.29, 0.717) is 43.1 Å². The van der Waals surface area contributed by atoms with Gasteiger partial charge in [0.1, 0.15) is 42.4 Å². The van der Waals surface area contributed by atoms with E-state index in [1.54, 1.807) is 40.9 Å². The lowest BCUT2D eigenvalue weighted by Gasteiger charge is -2.28. The molecule has 13 nitrogen and oxygen atoms in total. The fourth-order valence-electron chi connectivity index (χ4n) is 4.30. The Balaban J connectivity index is 1.29. The number of carbonyl (C=O) groups excluding carboxylic acids is 1. The molecule has 3 N–H and O–H groups in total. The molecule has 2 aliphatic heterocycles. The third kappa shape index (κ3) is 6.06. The number of rotatable bonds is 11. The van der Waals surface area contributed by atoms with E-state index in [-0.39, 0.29) is 24.9 Å². The largest absolute Gasteiger partial charge is 0.464 e. The van der Waals surface area contributed by atoms with Crippen molar-refractivity contribution in [2.45, 2.75) is 37.5 Å². The van der Waals surface area contributed by atoms with Crippen LogP contribution in [0.25, 0.3) is 5.52 Å². The number of nitriles is 1. The van der Waals surface area contributed by atoms with E-state index < -0.39 is 31.5 Å². The van der Waals surface area contributed by atoms with Gasteiger partial charge in [0.2, 0.25) is 0 Å². The molecule has 0 aliphatic carbocycles. The molecule has 2 saturated heterocycles. The summed E-state index contributed by atoms with van der Waals surface area (Å²) >= 11 is 0. The fourth-order valence-corrected chi connectivity index (χ4v) is 5.83. The van der Waals surface area contributed by atoms with Crippen LogP contribution in [0, 0.1) is 17.2 Å². The highest BCUT2D eigenvalue weighted by molar-refractivity contribution is 7.52. The molecule has 4 heterocycles. The number of nitrogens with one attached hydrogen (secondary N) is 1. The van der Waals surface area contributed by atoms with Crippen LogP contribution in [-0.2, 0) is 28.1 Å².